The molecule has 2 saturated heterocycles. The number of hydrogen-bond acceptors (Lipinski definition) is 5. The Morgan fingerprint density at radius 2 is 1.74 bits per heavy atom. The van der Waals surface area contributed by atoms with E-state index in [9.17, 15) is 22.4 Å². The Hall–Kier alpha value is -2.04. The summed E-state index contributed by atoms with van der Waals surface area (Å²) in [5.74, 6) is -0.990. The summed E-state index contributed by atoms with van der Waals surface area (Å²) in [6.45, 7) is 0.716. The van der Waals surface area contributed by atoms with Crippen molar-refractivity contribution in [3.63, 3.8) is 0 Å². The second-order valence-electron chi connectivity index (χ2n) is 6.72. The van der Waals surface area contributed by atoms with Gasteiger partial charge in [0, 0.05) is 33.2 Å². The zero-order valence-corrected chi connectivity index (χ0v) is 16.0. The minimum atomic E-state index is -3.30. The number of likely N-dealkylation sites (N-methyl/N-ethyl adjacent to an activating group) is 1. The van der Waals surface area contributed by atoms with Crippen molar-refractivity contribution in [2.75, 3.05) is 46.1 Å². The summed E-state index contributed by atoms with van der Waals surface area (Å²) in [5, 5.41) is 0. The third-order valence-corrected chi connectivity index (χ3v) is 6.26. The summed E-state index contributed by atoms with van der Waals surface area (Å²) in [6.07, 6.45) is 0.211. The van der Waals surface area contributed by atoms with Crippen LogP contribution in [0.1, 0.15) is 11.6 Å². The van der Waals surface area contributed by atoms with E-state index in [0.717, 1.165) is 6.26 Å². The Labute approximate surface area is 157 Å². The Morgan fingerprint density at radius 3 is 2.30 bits per heavy atom. The van der Waals surface area contributed by atoms with Crippen molar-refractivity contribution in [3.8, 4) is 0 Å². The highest BCUT2D eigenvalue weighted by molar-refractivity contribution is 7.88. The van der Waals surface area contributed by atoms with Crippen LogP contribution in [0.5, 0.6) is 0 Å². The summed E-state index contributed by atoms with van der Waals surface area (Å²) in [4.78, 5) is 28.1. The van der Waals surface area contributed by atoms with Crippen LogP contribution in [0.4, 0.5) is 4.39 Å². The Kier molecular flexibility index (Phi) is 5.50. The Bertz CT molecular complexity index is 821. The van der Waals surface area contributed by atoms with Crippen LogP contribution in [0.3, 0.4) is 0 Å². The highest BCUT2D eigenvalue weighted by atomic mass is 32.2. The molecular weight excluding hydrogens is 377 g/mol. The first-order valence-corrected chi connectivity index (χ1v) is 10.4. The maximum absolute atomic E-state index is 13.3. The number of morpholine rings is 1. The molecule has 3 rings (SSSR count). The van der Waals surface area contributed by atoms with Gasteiger partial charge in [0.15, 0.2) is 6.10 Å². The van der Waals surface area contributed by atoms with Gasteiger partial charge in [-0.15, -0.1) is 0 Å². The number of hydrogen-bond donors (Lipinski definition) is 0. The van der Waals surface area contributed by atoms with E-state index in [2.05, 4.69) is 0 Å². The van der Waals surface area contributed by atoms with E-state index in [1.807, 2.05) is 0 Å². The fourth-order valence-electron chi connectivity index (χ4n) is 3.40. The first-order chi connectivity index (χ1) is 12.7. The molecule has 1 aromatic carbocycles. The molecular formula is C17H22FN3O5S. The number of nitrogens with zero attached hydrogens (tertiary/aromatic N) is 3. The van der Waals surface area contributed by atoms with E-state index in [0.29, 0.717) is 5.56 Å². The molecule has 0 saturated carbocycles. The molecule has 2 fully saturated rings. The number of halogens is 1. The minimum Gasteiger partial charge on any atom is -0.356 e. The number of carbonyl (C=O) groups is 2. The zero-order chi connectivity index (χ0) is 19.8. The number of piperazine rings is 1. The SMILES string of the molecule is CN1C(=O)CO[C@@H](C(=O)N2CCN(S(C)(=O)=O)CC2)[C@H]1c1ccc(F)cc1. The summed E-state index contributed by atoms with van der Waals surface area (Å²) in [6, 6.07) is 4.93. The molecule has 8 nitrogen and oxygen atoms in total. The summed E-state index contributed by atoms with van der Waals surface area (Å²) in [7, 11) is -1.71. The average Bonchev–Trinajstić information content (AvgIpc) is 2.63. The van der Waals surface area contributed by atoms with Crippen LogP contribution in [0, 0.1) is 5.82 Å². The molecule has 0 radical (unpaired) electrons. The number of sulfonamides is 1. The van der Waals surface area contributed by atoms with Gasteiger partial charge in [-0.25, -0.2) is 12.8 Å². The lowest BCUT2D eigenvalue weighted by Crippen LogP contribution is -2.57. The van der Waals surface area contributed by atoms with Crippen molar-refractivity contribution in [1.82, 2.24) is 14.1 Å². The molecule has 0 bridgehead atoms. The van der Waals surface area contributed by atoms with Crippen LogP contribution in [-0.2, 0) is 24.3 Å². The molecule has 2 heterocycles. The lowest BCUT2D eigenvalue weighted by molar-refractivity contribution is -0.168. The number of rotatable bonds is 3. The third-order valence-electron chi connectivity index (χ3n) is 4.96. The van der Waals surface area contributed by atoms with Gasteiger partial charge < -0.3 is 14.5 Å². The van der Waals surface area contributed by atoms with Crippen LogP contribution in [-0.4, -0.2) is 86.5 Å². The summed E-state index contributed by atoms with van der Waals surface area (Å²) >= 11 is 0. The van der Waals surface area contributed by atoms with Crippen LogP contribution < -0.4 is 0 Å². The summed E-state index contributed by atoms with van der Waals surface area (Å²) < 4.78 is 43.4. The number of amides is 2. The van der Waals surface area contributed by atoms with E-state index in [-0.39, 0.29) is 44.6 Å². The van der Waals surface area contributed by atoms with E-state index in [4.69, 9.17) is 4.74 Å². The predicted molar refractivity (Wildman–Crippen MR) is 94.6 cm³/mol. The molecule has 0 spiro atoms. The standard InChI is InChI=1S/C17H22FN3O5S/c1-19-14(22)11-26-16(15(19)12-3-5-13(18)6-4-12)17(23)20-7-9-21(10-8-20)27(2,24)25/h3-6,15-16H,7-11H2,1-2H3/t15-,16-/m1/s1. The van der Waals surface area contributed by atoms with Gasteiger partial charge in [-0.2, -0.15) is 4.31 Å². The Balaban J connectivity index is 1.79. The molecule has 0 N–H and O–H groups in total. The zero-order valence-electron chi connectivity index (χ0n) is 15.2. The highest BCUT2D eigenvalue weighted by Gasteiger charge is 2.42. The van der Waals surface area contributed by atoms with Crippen LogP contribution in [0.25, 0.3) is 0 Å². The lowest BCUT2D eigenvalue weighted by atomic mass is 9.97. The van der Waals surface area contributed by atoms with Gasteiger partial charge in [0.1, 0.15) is 12.4 Å². The van der Waals surface area contributed by atoms with Gasteiger partial charge in [-0.05, 0) is 17.7 Å². The van der Waals surface area contributed by atoms with Gasteiger partial charge in [0.05, 0.1) is 12.3 Å². The predicted octanol–water partition coefficient (Wildman–Crippen LogP) is -0.172. The van der Waals surface area contributed by atoms with Crippen molar-refractivity contribution >= 4 is 21.8 Å². The monoisotopic (exact) mass is 399 g/mol. The second kappa shape index (κ2) is 7.53. The Morgan fingerprint density at radius 1 is 1.15 bits per heavy atom. The van der Waals surface area contributed by atoms with Crippen molar-refractivity contribution in [3.05, 3.63) is 35.6 Å². The fraction of sp³-hybridized carbons (Fsp3) is 0.529. The molecule has 2 amide bonds. The van der Waals surface area contributed by atoms with E-state index >= 15 is 0 Å². The van der Waals surface area contributed by atoms with Crippen LogP contribution >= 0.6 is 0 Å². The quantitative estimate of drug-likeness (QED) is 0.704. The molecule has 10 heteroatoms. The molecule has 148 valence electrons. The number of benzene rings is 1. The molecule has 2 aliphatic rings. The summed E-state index contributed by atoms with van der Waals surface area (Å²) in [5.41, 5.74) is 0.597. The molecule has 0 unspecified atom stereocenters. The molecule has 2 atom stereocenters. The topological polar surface area (TPSA) is 87.2 Å². The highest BCUT2D eigenvalue weighted by Crippen LogP contribution is 2.30. The van der Waals surface area contributed by atoms with Gasteiger partial charge >= 0.3 is 0 Å². The third kappa shape index (κ3) is 4.12. The number of carbonyl (C=O) groups excluding carboxylic acids is 2. The van der Waals surface area contributed by atoms with Crippen LogP contribution in [0.15, 0.2) is 24.3 Å². The average molecular weight is 399 g/mol. The van der Waals surface area contributed by atoms with Crippen molar-refractivity contribution in [1.29, 1.82) is 0 Å². The number of ether oxygens (including phenoxy) is 1. The van der Waals surface area contributed by atoms with Crippen molar-refractivity contribution in [2.24, 2.45) is 0 Å². The first kappa shape index (κ1) is 19.7. The van der Waals surface area contributed by atoms with E-state index < -0.39 is 28.0 Å². The molecule has 2 aliphatic heterocycles. The second-order valence-corrected chi connectivity index (χ2v) is 8.70. The lowest BCUT2D eigenvalue weighted by Gasteiger charge is -2.41. The normalized spacial score (nSPS) is 24.9. The molecule has 1 aromatic rings. The smallest absolute Gasteiger partial charge is 0.254 e. The van der Waals surface area contributed by atoms with Gasteiger partial charge in [0.2, 0.25) is 15.9 Å². The minimum absolute atomic E-state index is 0.214. The molecule has 27 heavy (non-hydrogen) atoms. The van der Waals surface area contributed by atoms with Gasteiger partial charge in [0.25, 0.3) is 5.91 Å². The van der Waals surface area contributed by atoms with Gasteiger partial charge in [-0.3, -0.25) is 9.59 Å². The van der Waals surface area contributed by atoms with Crippen molar-refractivity contribution < 1.29 is 27.1 Å². The molecule has 0 aromatic heterocycles. The van der Waals surface area contributed by atoms with Gasteiger partial charge in [-0.1, -0.05) is 12.1 Å². The van der Waals surface area contributed by atoms with Crippen LogP contribution in [0.2, 0.25) is 0 Å². The van der Waals surface area contributed by atoms with E-state index in [1.165, 1.54) is 33.5 Å². The fourth-order valence-corrected chi connectivity index (χ4v) is 4.22. The van der Waals surface area contributed by atoms with E-state index in [1.54, 1.807) is 11.9 Å². The molecule has 0 aliphatic carbocycles. The maximum Gasteiger partial charge on any atom is 0.254 e. The van der Waals surface area contributed by atoms with Crippen molar-refractivity contribution in [2.45, 2.75) is 12.1 Å². The first-order valence-electron chi connectivity index (χ1n) is 8.55. The maximum atomic E-state index is 13.3. The largest absolute Gasteiger partial charge is 0.356 e.